The minimum atomic E-state index is 0.285. The number of hydrogen-bond donors (Lipinski definition) is 1. The number of benzene rings is 1. The zero-order valence-corrected chi connectivity index (χ0v) is 15.2. The molecule has 0 bridgehead atoms. The molecule has 0 atom stereocenters. The Labute approximate surface area is 141 Å². The van der Waals surface area contributed by atoms with E-state index < -0.39 is 0 Å². The van der Waals surface area contributed by atoms with Crippen LogP contribution in [0.2, 0.25) is 0 Å². The van der Waals surface area contributed by atoms with Crippen LogP contribution in [0.1, 0.15) is 39.2 Å². The first-order chi connectivity index (χ1) is 10.4. The number of hydrogen-bond acceptors (Lipinski definition) is 4. The summed E-state index contributed by atoms with van der Waals surface area (Å²) in [5, 5.41) is 3.68. The Morgan fingerprint density at radius 3 is 2.64 bits per heavy atom. The van der Waals surface area contributed by atoms with Crippen molar-refractivity contribution < 1.29 is 9.47 Å². The first-order valence-corrected chi connectivity index (χ1v) is 8.79. The van der Waals surface area contributed by atoms with E-state index in [2.05, 4.69) is 59.1 Å². The van der Waals surface area contributed by atoms with Crippen LogP contribution >= 0.6 is 15.9 Å². The summed E-state index contributed by atoms with van der Waals surface area (Å²) in [6.45, 7) is 10.4. The predicted molar refractivity (Wildman–Crippen MR) is 91.5 cm³/mol. The predicted octanol–water partition coefficient (Wildman–Crippen LogP) is 3.53. The van der Waals surface area contributed by atoms with Gasteiger partial charge in [0.05, 0.1) is 4.47 Å². The minimum absolute atomic E-state index is 0.285. The summed E-state index contributed by atoms with van der Waals surface area (Å²) >= 11 is 3.55. The molecule has 3 rings (SSSR count). The summed E-state index contributed by atoms with van der Waals surface area (Å²) in [5.74, 6) is 1.66. The van der Waals surface area contributed by atoms with E-state index >= 15 is 0 Å². The van der Waals surface area contributed by atoms with Gasteiger partial charge in [-0.1, -0.05) is 0 Å². The molecule has 5 heteroatoms. The Morgan fingerprint density at radius 2 is 1.95 bits per heavy atom. The molecule has 0 amide bonds. The molecule has 4 nitrogen and oxygen atoms in total. The molecule has 0 saturated carbocycles. The maximum absolute atomic E-state index is 5.48. The lowest BCUT2D eigenvalue weighted by Gasteiger charge is -2.41. The van der Waals surface area contributed by atoms with E-state index in [1.807, 2.05) is 0 Å². The fourth-order valence-electron chi connectivity index (χ4n) is 3.14. The molecule has 1 aromatic rings. The van der Waals surface area contributed by atoms with Gasteiger partial charge in [-0.15, -0.1) is 0 Å². The van der Waals surface area contributed by atoms with E-state index in [0.717, 1.165) is 22.5 Å². The standard InChI is InChI=1S/C17H25BrN2O2/c1-17(2,3)20-6-4-13(5-7-20)19-10-12-8-14(18)16-15(9-12)21-11-22-16/h8-9,13,19H,4-7,10-11H2,1-3H3. The van der Waals surface area contributed by atoms with Gasteiger partial charge in [-0.25, -0.2) is 0 Å². The second kappa shape index (κ2) is 6.38. The third-order valence-corrected chi connectivity index (χ3v) is 5.11. The third-order valence-electron chi connectivity index (χ3n) is 4.53. The van der Waals surface area contributed by atoms with Gasteiger partial charge < -0.3 is 14.8 Å². The van der Waals surface area contributed by atoms with Crippen LogP contribution in [0.25, 0.3) is 0 Å². The molecule has 0 spiro atoms. The molecule has 22 heavy (non-hydrogen) atoms. The third kappa shape index (κ3) is 3.58. The van der Waals surface area contributed by atoms with E-state index in [0.29, 0.717) is 12.8 Å². The number of likely N-dealkylation sites (tertiary alicyclic amines) is 1. The molecule has 1 fully saturated rings. The van der Waals surface area contributed by atoms with Crippen molar-refractivity contribution in [2.75, 3.05) is 19.9 Å². The maximum atomic E-state index is 5.48. The van der Waals surface area contributed by atoms with Gasteiger partial charge >= 0.3 is 0 Å². The van der Waals surface area contributed by atoms with Gasteiger partial charge in [0.25, 0.3) is 0 Å². The van der Waals surface area contributed by atoms with Gasteiger partial charge in [-0.05, 0) is 67.2 Å². The summed E-state index contributed by atoms with van der Waals surface area (Å²) in [6.07, 6.45) is 2.42. The largest absolute Gasteiger partial charge is 0.454 e. The molecule has 2 aliphatic rings. The Balaban J connectivity index is 1.53. The number of rotatable bonds is 3. The lowest BCUT2D eigenvalue weighted by atomic mass is 9.98. The van der Waals surface area contributed by atoms with Crippen molar-refractivity contribution in [1.82, 2.24) is 10.2 Å². The number of nitrogens with zero attached hydrogens (tertiary/aromatic N) is 1. The quantitative estimate of drug-likeness (QED) is 0.884. The highest BCUT2D eigenvalue weighted by molar-refractivity contribution is 9.10. The van der Waals surface area contributed by atoms with Gasteiger partial charge in [0.2, 0.25) is 6.79 Å². The van der Waals surface area contributed by atoms with Crippen molar-refractivity contribution in [3.05, 3.63) is 22.2 Å². The van der Waals surface area contributed by atoms with Crippen LogP contribution in [0.5, 0.6) is 11.5 Å². The first kappa shape index (κ1) is 16.1. The van der Waals surface area contributed by atoms with Crippen molar-refractivity contribution in [2.24, 2.45) is 0 Å². The molecule has 2 heterocycles. The molecule has 0 aliphatic carbocycles. The number of piperidine rings is 1. The summed E-state index contributed by atoms with van der Waals surface area (Å²) in [6, 6.07) is 4.79. The highest BCUT2D eigenvalue weighted by Crippen LogP contribution is 2.40. The molecule has 1 saturated heterocycles. The maximum Gasteiger partial charge on any atom is 0.231 e. The second-order valence-electron chi connectivity index (χ2n) is 7.12. The van der Waals surface area contributed by atoms with Crippen LogP contribution in [-0.4, -0.2) is 36.4 Å². The van der Waals surface area contributed by atoms with E-state index in [1.165, 1.54) is 31.5 Å². The summed E-state index contributed by atoms with van der Waals surface area (Å²) in [5.41, 5.74) is 1.52. The number of nitrogens with one attached hydrogen (secondary N) is 1. The lowest BCUT2D eigenvalue weighted by Crippen LogP contribution is -2.49. The Kier molecular flexibility index (Phi) is 4.67. The SMILES string of the molecule is CC(C)(C)N1CCC(NCc2cc(Br)c3c(c2)OCO3)CC1. The Morgan fingerprint density at radius 1 is 1.23 bits per heavy atom. The first-order valence-electron chi connectivity index (χ1n) is 8.00. The number of halogens is 1. The minimum Gasteiger partial charge on any atom is -0.454 e. The van der Waals surface area contributed by atoms with Crippen LogP contribution < -0.4 is 14.8 Å². The highest BCUT2D eigenvalue weighted by atomic mass is 79.9. The average molecular weight is 369 g/mol. The van der Waals surface area contributed by atoms with Crippen LogP contribution in [0, 0.1) is 0 Å². The van der Waals surface area contributed by atoms with Gasteiger partial charge in [-0.3, -0.25) is 4.90 Å². The van der Waals surface area contributed by atoms with Crippen molar-refractivity contribution in [3.63, 3.8) is 0 Å². The van der Waals surface area contributed by atoms with Gasteiger partial charge in [0.1, 0.15) is 0 Å². The van der Waals surface area contributed by atoms with Crippen molar-refractivity contribution >= 4 is 15.9 Å². The fraction of sp³-hybridized carbons (Fsp3) is 0.647. The van der Waals surface area contributed by atoms with E-state index in [1.54, 1.807) is 0 Å². The van der Waals surface area contributed by atoms with E-state index in [-0.39, 0.29) is 5.54 Å². The normalized spacial score (nSPS) is 19.6. The summed E-state index contributed by atoms with van der Waals surface area (Å²) in [7, 11) is 0. The molecule has 0 unspecified atom stereocenters. The Bertz CT molecular complexity index is 534. The zero-order valence-electron chi connectivity index (χ0n) is 13.6. The van der Waals surface area contributed by atoms with Crippen molar-refractivity contribution in [3.8, 4) is 11.5 Å². The topological polar surface area (TPSA) is 33.7 Å². The fourth-order valence-corrected chi connectivity index (χ4v) is 3.74. The van der Waals surface area contributed by atoms with Crippen LogP contribution in [-0.2, 0) is 6.54 Å². The monoisotopic (exact) mass is 368 g/mol. The molecular formula is C17H25BrN2O2. The lowest BCUT2D eigenvalue weighted by molar-refractivity contribution is 0.0960. The number of fused-ring (bicyclic) bond motifs is 1. The van der Waals surface area contributed by atoms with E-state index in [4.69, 9.17) is 9.47 Å². The van der Waals surface area contributed by atoms with Crippen molar-refractivity contribution in [2.45, 2.75) is 51.7 Å². The van der Waals surface area contributed by atoms with Gasteiger partial charge in [-0.2, -0.15) is 0 Å². The van der Waals surface area contributed by atoms with Gasteiger partial charge in [0.15, 0.2) is 11.5 Å². The second-order valence-corrected chi connectivity index (χ2v) is 7.98. The number of ether oxygens (including phenoxy) is 2. The van der Waals surface area contributed by atoms with Crippen LogP contribution in [0.15, 0.2) is 16.6 Å². The highest BCUT2D eigenvalue weighted by Gasteiger charge is 2.26. The zero-order chi connectivity index (χ0) is 15.7. The molecule has 2 aliphatic heterocycles. The molecule has 1 N–H and O–H groups in total. The van der Waals surface area contributed by atoms with Crippen LogP contribution in [0.3, 0.4) is 0 Å². The van der Waals surface area contributed by atoms with Gasteiger partial charge in [0, 0.05) is 31.2 Å². The van der Waals surface area contributed by atoms with Crippen LogP contribution in [0.4, 0.5) is 0 Å². The van der Waals surface area contributed by atoms with E-state index in [9.17, 15) is 0 Å². The molecule has 0 aromatic heterocycles. The summed E-state index contributed by atoms with van der Waals surface area (Å²) in [4.78, 5) is 2.57. The molecular weight excluding hydrogens is 344 g/mol. The molecule has 122 valence electrons. The summed E-state index contributed by atoms with van der Waals surface area (Å²) < 4.78 is 11.9. The average Bonchev–Trinajstić information content (AvgIpc) is 2.93. The van der Waals surface area contributed by atoms with Crippen molar-refractivity contribution in [1.29, 1.82) is 0 Å². The Hall–Kier alpha value is -0.780. The smallest absolute Gasteiger partial charge is 0.231 e. The molecule has 0 radical (unpaired) electrons. The molecule has 1 aromatic carbocycles.